The summed E-state index contributed by atoms with van der Waals surface area (Å²) in [6.45, 7) is 2.37. The summed E-state index contributed by atoms with van der Waals surface area (Å²) in [7, 11) is 0. The molecule has 0 amide bonds. The van der Waals surface area contributed by atoms with Crippen LogP contribution >= 0.6 is 0 Å². The van der Waals surface area contributed by atoms with E-state index in [0.29, 0.717) is 0 Å². The molecule has 2 aliphatic rings. The second kappa shape index (κ2) is 4.77. The van der Waals surface area contributed by atoms with Crippen molar-refractivity contribution in [3.8, 4) is 0 Å². The number of fused-ring (bicyclic) bond motifs is 1. The molecule has 3 atom stereocenters. The Kier molecular flexibility index (Phi) is 3.15. The predicted octanol–water partition coefficient (Wildman–Crippen LogP) is 3.00. The molecule has 3 rings (SSSR count). The van der Waals surface area contributed by atoms with E-state index in [9.17, 15) is 4.39 Å². The molecule has 0 radical (unpaired) electrons. The second-order valence-electron chi connectivity index (χ2n) is 5.61. The van der Waals surface area contributed by atoms with Crippen LogP contribution in [0.15, 0.2) is 24.3 Å². The number of benzene rings is 1. The van der Waals surface area contributed by atoms with E-state index in [1.165, 1.54) is 44.0 Å². The van der Waals surface area contributed by atoms with Gasteiger partial charge in [-0.05, 0) is 67.8 Å². The number of halogens is 1. The topological polar surface area (TPSA) is 12.0 Å². The van der Waals surface area contributed by atoms with Crippen LogP contribution in [-0.2, 0) is 6.42 Å². The SMILES string of the molecule is Fc1cccc(CC2CCCC3CNCC32)c1. The fourth-order valence-corrected chi connectivity index (χ4v) is 3.70. The third-order valence-electron chi connectivity index (χ3n) is 4.53. The Labute approximate surface area is 102 Å². The van der Waals surface area contributed by atoms with Crippen molar-refractivity contribution in [2.24, 2.45) is 17.8 Å². The smallest absolute Gasteiger partial charge is 0.123 e. The van der Waals surface area contributed by atoms with Crippen LogP contribution in [0.2, 0.25) is 0 Å². The summed E-state index contributed by atoms with van der Waals surface area (Å²) >= 11 is 0. The first-order chi connectivity index (χ1) is 8.33. The number of hydrogen-bond acceptors (Lipinski definition) is 1. The first kappa shape index (κ1) is 11.2. The molecule has 1 N–H and O–H groups in total. The van der Waals surface area contributed by atoms with Crippen molar-refractivity contribution in [3.05, 3.63) is 35.6 Å². The van der Waals surface area contributed by atoms with E-state index >= 15 is 0 Å². The molecule has 0 spiro atoms. The van der Waals surface area contributed by atoms with Crippen molar-refractivity contribution < 1.29 is 4.39 Å². The summed E-state index contributed by atoms with van der Waals surface area (Å²) in [5.41, 5.74) is 1.17. The molecule has 92 valence electrons. The zero-order chi connectivity index (χ0) is 11.7. The van der Waals surface area contributed by atoms with Gasteiger partial charge >= 0.3 is 0 Å². The second-order valence-corrected chi connectivity index (χ2v) is 5.61. The minimum Gasteiger partial charge on any atom is -0.316 e. The minimum absolute atomic E-state index is 0.0978. The van der Waals surface area contributed by atoms with Gasteiger partial charge in [0.25, 0.3) is 0 Å². The van der Waals surface area contributed by atoms with Gasteiger partial charge in [0.15, 0.2) is 0 Å². The summed E-state index contributed by atoms with van der Waals surface area (Å²) in [5.74, 6) is 2.36. The molecule has 3 unspecified atom stereocenters. The highest BCUT2D eigenvalue weighted by molar-refractivity contribution is 5.17. The number of hydrogen-bond donors (Lipinski definition) is 1. The quantitative estimate of drug-likeness (QED) is 0.828. The van der Waals surface area contributed by atoms with E-state index in [4.69, 9.17) is 0 Å². The average Bonchev–Trinajstić information content (AvgIpc) is 2.78. The summed E-state index contributed by atoms with van der Waals surface area (Å²) < 4.78 is 13.2. The van der Waals surface area contributed by atoms with E-state index in [0.717, 1.165) is 24.2 Å². The molecule has 2 fully saturated rings. The molecule has 1 nitrogen and oxygen atoms in total. The van der Waals surface area contributed by atoms with Crippen molar-refractivity contribution in [3.63, 3.8) is 0 Å². The zero-order valence-electron chi connectivity index (χ0n) is 10.2. The Balaban J connectivity index is 1.71. The van der Waals surface area contributed by atoms with Crippen LogP contribution < -0.4 is 5.32 Å². The minimum atomic E-state index is -0.0978. The molecule has 1 heterocycles. The summed E-state index contributed by atoms with van der Waals surface area (Å²) in [6.07, 6.45) is 5.11. The molecule has 0 aromatic heterocycles. The molecule has 1 saturated heterocycles. The predicted molar refractivity (Wildman–Crippen MR) is 67.3 cm³/mol. The molecule has 1 aliphatic carbocycles. The van der Waals surface area contributed by atoms with E-state index in [1.54, 1.807) is 6.07 Å². The van der Waals surface area contributed by atoms with Crippen molar-refractivity contribution in [2.75, 3.05) is 13.1 Å². The van der Waals surface area contributed by atoms with Gasteiger partial charge in [0.05, 0.1) is 0 Å². The van der Waals surface area contributed by atoms with Gasteiger partial charge in [-0.1, -0.05) is 18.6 Å². The van der Waals surface area contributed by atoms with Gasteiger partial charge < -0.3 is 5.32 Å². The van der Waals surface area contributed by atoms with Crippen LogP contribution in [0.1, 0.15) is 24.8 Å². The van der Waals surface area contributed by atoms with Crippen LogP contribution in [0.3, 0.4) is 0 Å². The fraction of sp³-hybridized carbons (Fsp3) is 0.600. The molecule has 0 bridgehead atoms. The van der Waals surface area contributed by atoms with Crippen LogP contribution in [0.5, 0.6) is 0 Å². The number of nitrogens with one attached hydrogen (secondary N) is 1. The van der Waals surface area contributed by atoms with Gasteiger partial charge in [0, 0.05) is 0 Å². The maximum absolute atomic E-state index is 13.2. The van der Waals surface area contributed by atoms with Crippen molar-refractivity contribution in [1.29, 1.82) is 0 Å². The Morgan fingerprint density at radius 3 is 3.06 bits per heavy atom. The zero-order valence-corrected chi connectivity index (χ0v) is 10.2. The maximum atomic E-state index is 13.2. The van der Waals surface area contributed by atoms with E-state index in [-0.39, 0.29) is 5.82 Å². The standard InChI is InChI=1S/C15H20FN/c16-14-6-1-3-11(8-14)7-12-4-2-5-13-9-17-10-15(12)13/h1,3,6,8,12-13,15,17H,2,4-5,7,9-10H2. The lowest BCUT2D eigenvalue weighted by Crippen LogP contribution is -2.28. The van der Waals surface area contributed by atoms with Crippen LogP contribution in [-0.4, -0.2) is 13.1 Å². The Bertz CT molecular complexity index is 390. The largest absolute Gasteiger partial charge is 0.316 e. The van der Waals surface area contributed by atoms with Gasteiger partial charge in [0.1, 0.15) is 5.82 Å². The lowest BCUT2D eigenvalue weighted by Gasteiger charge is -2.33. The maximum Gasteiger partial charge on any atom is 0.123 e. The van der Waals surface area contributed by atoms with Crippen molar-refractivity contribution in [1.82, 2.24) is 5.32 Å². The van der Waals surface area contributed by atoms with Crippen LogP contribution in [0.4, 0.5) is 4.39 Å². The van der Waals surface area contributed by atoms with Gasteiger partial charge in [-0.15, -0.1) is 0 Å². The lowest BCUT2D eigenvalue weighted by atomic mass is 9.71. The van der Waals surface area contributed by atoms with E-state index < -0.39 is 0 Å². The Hall–Kier alpha value is -0.890. The van der Waals surface area contributed by atoms with Crippen LogP contribution in [0.25, 0.3) is 0 Å². The van der Waals surface area contributed by atoms with Crippen molar-refractivity contribution >= 4 is 0 Å². The highest BCUT2D eigenvalue weighted by atomic mass is 19.1. The van der Waals surface area contributed by atoms with Gasteiger partial charge in [-0.2, -0.15) is 0 Å². The third-order valence-corrected chi connectivity index (χ3v) is 4.53. The Morgan fingerprint density at radius 2 is 2.18 bits per heavy atom. The van der Waals surface area contributed by atoms with Crippen LogP contribution in [0, 0.1) is 23.6 Å². The number of rotatable bonds is 2. The summed E-state index contributed by atoms with van der Waals surface area (Å²) in [5, 5.41) is 3.52. The molecule has 1 aromatic carbocycles. The molecule has 17 heavy (non-hydrogen) atoms. The molecular weight excluding hydrogens is 213 g/mol. The first-order valence-corrected chi connectivity index (χ1v) is 6.78. The fourth-order valence-electron chi connectivity index (χ4n) is 3.70. The molecule has 2 heteroatoms. The highest BCUT2D eigenvalue weighted by Crippen LogP contribution is 2.38. The highest BCUT2D eigenvalue weighted by Gasteiger charge is 2.36. The van der Waals surface area contributed by atoms with Crippen molar-refractivity contribution in [2.45, 2.75) is 25.7 Å². The molecule has 1 aliphatic heterocycles. The van der Waals surface area contributed by atoms with Gasteiger partial charge in [-0.3, -0.25) is 0 Å². The van der Waals surface area contributed by atoms with E-state index in [2.05, 4.69) is 11.4 Å². The molecule has 1 saturated carbocycles. The van der Waals surface area contributed by atoms with Gasteiger partial charge in [-0.25, -0.2) is 4.39 Å². The normalized spacial score (nSPS) is 32.4. The van der Waals surface area contributed by atoms with Gasteiger partial charge in [0.2, 0.25) is 0 Å². The van der Waals surface area contributed by atoms with E-state index in [1.807, 2.05) is 6.07 Å². The Morgan fingerprint density at radius 1 is 1.24 bits per heavy atom. The lowest BCUT2D eigenvalue weighted by molar-refractivity contribution is 0.198. The summed E-state index contributed by atoms with van der Waals surface area (Å²) in [6, 6.07) is 7.13. The average molecular weight is 233 g/mol. The molecular formula is C15H20FN. The third kappa shape index (κ3) is 2.37. The first-order valence-electron chi connectivity index (χ1n) is 6.78. The molecule has 1 aromatic rings. The monoisotopic (exact) mass is 233 g/mol. The summed E-state index contributed by atoms with van der Waals surface area (Å²) in [4.78, 5) is 0.